The van der Waals surface area contributed by atoms with E-state index < -0.39 is 11.7 Å². The van der Waals surface area contributed by atoms with Crippen LogP contribution in [0, 0.1) is 5.92 Å². The number of aliphatic hydroxyl groups is 2. The summed E-state index contributed by atoms with van der Waals surface area (Å²) in [5.74, 6) is 0.0645. The van der Waals surface area contributed by atoms with Crippen LogP contribution in [0.1, 0.15) is 81.2 Å². The summed E-state index contributed by atoms with van der Waals surface area (Å²) in [4.78, 5) is 4.81. The zero-order valence-corrected chi connectivity index (χ0v) is 21.3. The molecule has 1 aliphatic heterocycles. The first-order chi connectivity index (χ1) is 16.8. The minimum absolute atomic E-state index is 0.0645. The van der Waals surface area contributed by atoms with E-state index in [1.54, 1.807) is 0 Å². The van der Waals surface area contributed by atoms with Gasteiger partial charge in [-0.3, -0.25) is 4.99 Å². The molecular formula is C32H39NO2. The van der Waals surface area contributed by atoms with Gasteiger partial charge in [0.1, 0.15) is 5.60 Å². The van der Waals surface area contributed by atoms with Crippen LogP contribution in [0.25, 0.3) is 0 Å². The van der Waals surface area contributed by atoms with Crippen LogP contribution in [0.2, 0.25) is 0 Å². The molecule has 1 heterocycles. The van der Waals surface area contributed by atoms with Gasteiger partial charge in [-0.2, -0.15) is 0 Å². The van der Waals surface area contributed by atoms with Crippen molar-refractivity contribution in [2.75, 3.05) is 6.54 Å². The summed E-state index contributed by atoms with van der Waals surface area (Å²) in [6.45, 7) is 7.34. The highest BCUT2D eigenvalue weighted by molar-refractivity contribution is 5.85. The van der Waals surface area contributed by atoms with Crippen molar-refractivity contribution in [3.05, 3.63) is 107 Å². The second kappa shape index (κ2) is 10.9. The highest BCUT2D eigenvalue weighted by atomic mass is 16.3. The van der Waals surface area contributed by atoms with Crippen molar-refractivity contribution in [1.82, 2.24) is 0 Å². The number of benzene rings is 3. The van der Waals surface area contributed by atoms with E-state index in [9.17, 15) is 10.2 Å². The van der Waals surface area contributed by atoms with E-state index in [2.05, 4.69) is 45.0 Å². The Bertz CT molecular complexity index is 1060. The van der Waals surface area contributed by atoms with Crippen LogP contribution in [0.15, 0.2) is 89.9 Å². The molecule has 3 nitrogen and oxygen atoms in total. The van der Waals surface area contributed by atoms with Gasteiger partial charge < -0.3 is 10.2 Å². The Hall–Kier alpha value is -2.75. The predicted molar refractivity (Wildman–Crippen MR) is 145 cm³/mol. The van der Waals surface area contributed by atoms with Crippen molar-refractivity contribution in [3.8, 4) is 0 Å². The highest BCUT2D eigenvalue weighted by Crippen LogP contribution is 2.42. The van der Waals surface area contributed by atoms with Crippen LogP contribution in [0.4, 0.5) is 0 Å². The lowest BCUT2D eigenvalue weighted by Crippen LogP contribution is -2.39. The number of nitrogens with zero attached hydrogens (tertiary/aromatic N) is 1. The SMILES string of the molecule is CC(C)(C)c1ccc(C(O)CCCC2=NCCC(C(O)(c3ccccc3)c3ccccc3)C2)cc1. The van der Waals surface area contributed by atoms with Gasteiger partial charge in [-0.1, -0.05) is 106 Å². The largest absolute Gasteiger partial charge is 0.388 e. The van der Waals surface area contributed by atoms with E-state index in [1.165, 1.54) is 5.56 Å². The fraction of sp³-hybridized carbons (Fsp3) is 0.406. The maximum absolute atomic E-state index is 12.1. The molecule has 0 saturated heterocycles. The Morgan fingerprint density at radius 1 is 0.829 bits per heavy atom. The number of hydrogen-bond donors (Lipinski definition) is 2. The Morgan fingerprint density at radius 2 is 1.40 bits per heavy atom. The molecule has 0 bridgehead atoms. The van der Waals surface area contributed by atoms with Crippen LogP contribution in [0.3, 0.4) is 0 Å². The molecule has 0 aliphatic carbocycles. The van der Waals surface area contributed by atoms with Crippen LogP contribution in [-0.4, -0.2) is 22.5 Å². The van der Waals surface area contributed by atoms with Gasteiger partial charge in [0.15, 0.2) is 0 Å². The van der Waals surface area contributed by atoms with Gasteiger partial charge in [0.2, 0.25) is 0 Å². The molecule has 35 heavy (non-hydrogen) atoms. The van der Waals surface area contributed by atoms with E-state index in [4.69, 9.17) is 4.99 Å². The molecule has 0 saturated carbocycles. The fourth-order valence-electron chi connectivity index (χ4n) is 5.26. The van der Waals surface area contributed by atoms with Crippen molar-refractivity contribution in [2.24, 2.45) is 10.9 Å². The molecule has 3 aromatic carbocycles. The second-order valence-corrected chi connectivity index (χ2v) is 10.9. The van der Waals surface area contributed by atoms with Gasteiger partial charge in [-0.25, -0.2) is 0 Å². The average molecular weight is 470 g/mol. The average Bonchev–Trinajstić information content (AvgIpc) is 2.89. The minimum Gasteiger partial charge on any atom is -0.388 e. The van der Waals surface area contributed by atoms with Gasteiger partial charge in [-0.15, -0.1) is 0 Å². The molecule has 1 aliphatic rings. The smallest absolute Gasteiger partial charge is 0.118 e. The molecule has 3 heteroatoms. The maximum Gasteiger partial charge on any atom is 0.118 e. The lowest BCUT2D eigenvalue weighted by molar-refractivity contribution is 0.0142. The molecule has 0 radical (unpaired) electrons. The summed E-state index contributed by atoms with van der Waals surface area (Å²) in [6, 6.07) is 28.4. The molecule has 184 valence electrons. The quantitative estimate of drug-likeness (QED) is 0.374. The van der Waals surface area contributed by atoms with Crippen molar-refractivity contribution in [3.63, 3.8) is 0 Å². The number of rotatable bonds is 8. The van der Waals surface area contributed by atoms with Gasteiger partial charge in [-0.05, 0) is 59.8 Å². The van der Waals surface area contributed by atoms with Crippen molar-refractivity contribution in [1.29, 1.82) is 0 Å². The van der Waals surface area contributed by atoms with E-state index in [-0.39, 0.29) is 11.3 Å². The Kier molecular flexibility index (Phi) is 7.88. The highest BCUT2D eigenvalue weighted by Gasteiger charge is 2.41. The zero-order valence-electron chi connectivity index (χ0n) is 21.3. The second-order valence-electron chi connectivity index (χ2n) is 10.9. The molecule has 2 N–H and O–H groups in total. The lowest BCUT2D eigenvalue weighted by atomic mass is 9.71. The zero-order chi connectivity index (χ0) is 24.9. The molecule has 3 aromatic rings. The summed E-state index contributed by atoms with van der Waals surface area (Å²) in [5.41, 5.74) is 4.35. The van der Waals surface area contributed by atoms with Gasteiger partial charge >= 0.3 is 0 Å². The number of aliphatic imine (C=N–C) groups is 1. The van der Waals surface area contributed by atoms with Crippen LogP contribution < -0.4 is 0 Å². The van der Waals surface area contributed by atoms with E-state index in [0.717, 1.165) is 54.6 Å². The first-order valence-corrected chi connectivity index (χ1v) is 12.9. The fourth-order valence-corrected chi connectivity index (χ4v) is 5.26. The molecule has 4 rings (SSSR count). The summed E-state index contributed by atoms with van der Waals surface area (Å²) in [7, 11) is 0. The molecule has 2 atom stereocenters. The first kappa shape index (κ1) is 25.3. The molecule has 0 amide bonds. The lowest BCUT2D eigenvalue weighted by Gasteiger charge is -2.39. The number of aliphatic hydroxyl groups excluding tert-OH is 1. The molecule has 2 unspecified atom stereocenters. The van der Waals surface area contributed by atoms with E-state index in [0.29, 0.717) is 6.42 Å². The van der Waals surface area contributed by atoms with E-state index >= 15 is 0 Å². The third-order valence-electron chi connectivity index (χ3n) is 7.42. The monoisotopic (exact) mass is 469 g/mol. The first-order valence-electron chi connectivity index (χ1n) is 12.9. The number of hydrogen-bond acceptors (Lipinski definition) is 3. The van der Waals surface area contributed by atoms with Crippen LogP contribution >= 0.6 is 0 Å². The van der Waals surface area contributed by atoms with Crippen molar-refractivity contribution in [2.45, 2.75) is 70.0 Å². The summed E-state index contributed by atoms with van der Waals surface area (Å²) in [6.07, 6.45) is 3.61. The normalized spacial score (nSPS) is 17.6. The van der Waals surface area contributed by atoms with Crippen molar-refractivity contribution < 1.29 is 10.2 Å². The molecule has 0 spiro atoms. The van der Waals surface area contributed by atoms with Gasteiger partial charge in [0, 0.05) is 18.2 Å². The van der Waals surface area contributed by atoms with Gasteiger partial charge in [0.25, 0.3) is 0 Å². The van der Waals surface area contributed by atoms with Crippen LogP contribution in [-0.2, 0) is 11.0 Å². The molecule has 0 aromatic heterocycles. The Labute approximate surface area is 210 Å². The molecular weight excluding hydrogens is 430 g/mol. The Morgan fingerprint density at radius 3 is 1.94 bits per heavy atom. The molecule has 0 fully saturated rings. The third-order valence-corrected chi connectivity index (χ3v) is 7.42. The van der Waals surface area contributed by atoms with E-state index in [1.807, 2.05) is 60.7 Å². The predicted octanol–water partition coefficient (Wildman–Crippen LogP) is 6.97. The van der Waals surface area contributed by atoms with Gasteiger partial charge in [0.05, 0.1) is 6.10 Å². The summed E-state index contributed by atoms with van der Waals surface area (Å²) >= 11 is 0. The van der Waals surface area contributed by atoms with Crippen molar-refractivity contribution >= 4 is 5.71 Å². The maximum atomic E-state index is 12.1. The summed E-state index contributed by atoms with van der Waals surface area (Å²) < 4.78 is 0. The Balaban J connectivity index is 1.41. The minimum atomic E-state index is -1.04. The third kappa shape index (κ3) is 5.91. The summed E-state index contributed by atoms with van der Waals surface area (Å²) in [5, 5.41) is 22.9. The van der Waals surface area contributed by atoms with Crippen LogP contribution in [0.5, 0.6) is 0 Å². The topological polar surface area (TPSA) is 52.8 Å². The standard InChI is InChI=1S/C32H39NO2/c1-31(2,3)25-19-17-24(18-20-25)30(34)16-10-15-29-23-28(21-22-33-29)32(35,26-11-6-4-7-12-26)27-13-8-5-9-14-27/h4-9,11-14,17-20,28,30,34-35H,10,15-16,21-23H2,1-3H3.